The van der Waals surface area contributed by atoms with Crippen molar-refractivity contribution in [2.24, 2.45) is 11.8 Å². The molecule has 158 valence electrons. The molecule has 2 fully saturated rings. The summed E-state index contributed by atoms with van der Waals surface area (Å²) in [5.41, 5.74) is 3.80. The average Bonchev–Trinajstić information content (AvgIpc) is 3.18. The highest BCUT2D eigenvalue weighted by Gasteiger charge is 2.47. The highest BCUT2D eigenvalue weighted by atomic mass is 16.2. The van der Waals surface area contributed by atoms with E-state index in [4.69, 9.17) is 0 Å². The Bertz CT molecular complexity index is 942. The summed E-state index contributed by atoms with van der Waals surface area (Å²) in [7, 11) is 0. The van der Waals surface area contributed by atoms with E-state index in [1.54, 1.807) is 0 Å². The molecule has 4 rings (SSSR count). The van der Waals surface area contributed by atoms with E-state index in [-0.39, 0.29) is 42.5 Å². The summed E-state index contributed by atoms with van der Waals surface area (Å²) < 4.78 is 1.88. The fraction of sp³-hybridized carbons (Fsp3) is 0.478. The van der Waals surface area contributed by atoms with Crippen LogP contribution in [0.1, 0.15) is 49.1 Å². The topological polar surface area (TPSA) is 84.3 Å². The van der Waals surface area contributed by atoms with Crippen LogP contribution in [0.3, 0.4) is 0 Å². The standard InChI is InChI=1S/C23H28N4O3/c1-15-20(16(2)27(25-15)17-8-4-3-5-9-17)14-24-21(28)12-13-26-22(29)18-10-6-7-11-19(18)23(26)30/h3-5,8-9,18-19H,6-7,10-14H2,1-2H3,(H,24,28)/t18-,19-/m1/s1. The Hall–Kier alpha value is -2.96. The number of fused-ring (bicyclic) bond motifs is 1. The van der Waals surface area contributed by atoms with Crippen LogP contribution in [-0.2, 0) is 20.9 Å². The molecule has 2 aromatic rings. The molecule has 1 aliphatic heterocycles. The van der Waals surface area contributed by atoms with Crippen molar-refractivity contribution in [3.8, 4) is 5.69 Å². The molecule has 7 nitrogen and oxygen atoms in total. The second-order valence-electron chi connectivity index (χ2n) is 8.25. The van der Waals surface area contributed by atoms with Crippen molar-refractivity contribution in [3.63, 3.8) is 0 Å². The molecule has 1 aromatic heterocycles. The molecule has 1 saturated carbocycles. The number of carbonyl (C=O) groups is 3. The fourth-order valence-corrected chi connectivity index (χ4v) is 4.69. The zero-order valence-corrected chi connectivity index (χ0v) is 17.6. The van der Waals surface area contributed by atoms with Crippen LogP contribution in [0.2, 0.25) is 0 Å². The second kappa shape index (κ2) is 8.42. The number of aromatic nitrogens is 2. The van der Waals surface area contributed by atoms with Crippen LogP contribution in [-0.4, -0.2) is 38.9 Å². The number of benzene rings is 1. The monoisotopic (exact) mass is 408 g/mol. The minimum absolute atomic E-state index is 0.0895. The minimum Gasteiger partial charge on any atom is -0.352 e. The number of rotatable bonds is 6. The van der Waals surface area contributed by atoms with Crippen LogP contribution in [0.15, 0.2) is 30.3 Å². The highest BCUT2D eigenvalue weighted by Crippen LogP contribution is 2.37. The summed E-state index contributed by atoms with van der Waals surface area (Å²) in [6.45, 7) is 4.45. The van der Waals surface area contributed by atoms with Gasteiger partial charge in [-0.25, -0.2) is 4.68 Å². The largest absolute Gasteiger partial charge is 0.352 e. The molecule has 2 heterocycles. The summed E-state index contributed by atoms with van der Waals surface area (Å²) in [6, 6.07) is 9.86. The van der Waals surface area contributed by atoms with Gasteiger partial charge in [0.1, 0.15) is 0 Å². The van der Waals surface area contributed by atoms with Gasteiger partial charge in [-0.15, -0.1) is 0 Å². The molecule has 0 radical (unpaired) electrons. The van der Waals surface area contributed by atoms with Crippen molar-refractivity contribution in [2.75, 3.05) is 6.54 Å². The molecule has 1 N–H and O–H groups in total. The predicted octanol–water partition coefficient (Wildman–Crippen LogP) is 2.67. The maximum Gasteiger partial charge on any atom is 0.233 e. The van der Waals surface area contributed by atoms with Crippen LogP contribution >= 0.6 is 0 Å². The zero-order valence-electron chi connectivity index (χ0n) is 17.6. The van der Waals surface area contributed by atoms with Crippen LogP contribution in [0.25, 0.3) is 5.69 Å². The first kappa shape index (κ1) is 20.3. The Morgan fingerprint density at radius 1 is 1.07 bits per heavy atom. The third-order valence-electron chi connectivity index (χ3n) is 6.40. The molecule has 1 aliphatic carbocycles. The summed E-state index contributed by atoms with van der Waals surface area (Å²) in [5.74, 6) is -0.676. The predicted molar refractivity (Wildman–Crippen MR) is 112 cm³/mol. The summed E-state index contributed by atoms with van der Waals surface area (Å²) in [6.07, 6.45) is 3.72. The van der Waals surface area contributed by atoms with Gasteiger partial charge in [-0.3, -0.25) is 19.3 Å². The Kier molecular flexibility index (Phi) is 5.70. The Morgan fingerprint density at radius 3 is 2.33 bits per heavy atom. The van der Waals surface area contributed by atoms with Crippen LogP contribution in [0.5, 0.6) is 0 Å². The molecule has 7 heteroatoms. The molecule has 0 spiro atoms. The lowest BCUT2D eigenvalue weighted by Crippen LogP contribution is -2.35. The Balaban J connectivity index is 1.34. The Labute approximate surface area is 176 Å². The molecule has 2 atom stereocenters. The lowest BCUT2D eigenvalue weighted by Gasteiger charge is -2.19. The second-order valence-corrected chi connectivity index (χ2v) is 8.25. The van der Waals surface area contributed by atoms with Gasteiger partial charge in [0.15, 0.2) is 0 Å². The molecule has 3 amide bonds. The van der Waals surface area contributed by atoms with Crippen LogP contribution < -0.4 is 5.32 Å². The number of carbonyl (C=O) groups excluding carboxylic acids is 3. The number of para-hydroxylation sites is 1. The first-order valence-electron chi connectivity index (χ1n) is 10.7. The van der Waals surface area contributed by atoms with Crippen molar-refractivity contribution in [1.82, 2.24) is 20.0 Å². The van der Waals surface area contributed by atoms with Gasteiger partial charge in [0.05, 0.1) is 23.2 Å². The highest BCUT2D eigenvalue weighted by molar-refractivity contribution is 6.05. The van der Waals surface area contributed by atoms with E-state index in [0.29, 0.717) is 6.54 Å². The third kappa shape index (κ3) is 3.76. The lowest BCUT2D eigenvalue weighted by atomic mass is 9.81. The van der Waals surface area contributed by atoms with Crippen molar-refractivity contribution < 1.29 is 14.4 Å². The van der Waals surface area contributed by atoms with Gasteiger partial charge in [-0.1, -0.05) is 31.0 Å². The van der Waals surface area contributed by atoms with Crippen molar-refractivity contribution >= 4 is 17.7 Å². The number of hydrogen-bond acceptors (Lipinski definition) is 4. The first-order chi connectivity index (χ1) is 14.5. The van der Waals surface area contributed by atoms with Crippen LogP contribution in [0, 0.1) is 25.7 Å². The van der Waals surface area contributed by atoms with Gasteiger partial charge in [-0.2, -0.15) is 5.10 Å². The number of nitrogens with zero attached hydrogens (tertiary/aromatic N) is 3. The van der Waals surface area contributed by atoms with E-state index < -0.39 is 0 Å². The van der Waals surface area contributed by atoms with E-state index in [1.807, 2.05) is 48.9 Å². The fourth-order valence-electron chi connectivity index (χ4n) is 4.69. The van der Waals surface area contributed by atoms with Crippen molar-refractivity contribution in [3.05, 3.63) is 47.3 Å². The quantitative estimate of drug-likeness (QED) is 0.745. The molecular weight excluding hydrogens is 380 g/mol. The number of hydrogen-bond donors (Lipinski definition) is 1. The van der Waals surface area contributed by atoms with Crippen LogP contribution in [0.4, 0.5) is 0 Å². The van der Waals surface area contributed by atoms with E-state index in [0.717, 1.165) is 48.3 Å². The van der Waals surface area contributed by atoms with E-state index in [1.165, 1.54) is 4.90 Å². The van der Waals surface area contributed by atoms with Gasteiger partial charge >= 0.3 is 0 Å². The summed E-state index contributed by atoms with van der Waals surface area (Å²) in [4.78, 5) is 38.8. The van der Waals surface area contributed by atoms with Crippen molar-refractivity contribution in [1.29, 1.82) is 0 Å². The maximum atomic E-state index is 12.5. The normalized spacial score (nSPS) is 21.1. The number of aryl methyl sites for hydroxylation is 1. The van der Waals surface area contributed by atoms with Gasteiger partial charge < -0.3 is 5.32 Å². The van der Waals surface area contributed by atoms with Gasteiger partial charge in [0.25, 0.3) is 0 Å². The zero-order chi connectivity index (χ0) is 21.3. The van der Waals surface area contributed by atoms with Gasteiger partial charge in [0, 0.05) is 30.8 Å². The molecule has 0 bridgehead atoms. The first-order valence-corrected chi connectivity index (χ1v) is 10.7. The summed E-state index contributed by atoms with van der Waals surface area (Å²) in [5, 5.41) is 7.52. The minimum atomic E-state index is -0.170. The molecule has 2 aliphatic rings. The van der Waals surface area contributed by atoms with Crippen molar-refractivity contribution in [2.45, 2.75) is 52.5 Å². The van der Waals surface area contributed by atoms with Gasteiger partial charge in [-0.05, 0) is 38.8 Å². The molecular formula is C23H28N4O3. The van der Waals surface area contributed by atoms with E-state index >= 15 is 0 Å². The molecule has 1 aromatic carbocycles. The molecule has 30 heavy (non-hydrogen) atoms. The summed E-state index contributed by atoms with van der Waals surface area (Å²) >= 11 is 0. The number of likely N-dealkylation sites (tertiary alicyclic amines) is 1. The number of imide groups is 1. The lowest BCUT2D eigenvalue weighted by molar-refractivity contribution is -0.140. The smallest absolute Gasteiger partial charge is 0.233 e. The Morgan fingerprint density at radius 2 is 1.70 bits per heavy atom. The van der Waals surface area contributed by atoms with E-state index in [9.17, 15) is 14.4 Å². The number of nitrogens with one attached hydrogen (secondary N) is 1. The van der Waals surface area contributed by atoms with E-state index in [2.05, 4.69) is 10.4 Å². The third-order valence-corrected chi connectivity index (χ3v) is 6.40. The number of amides is 3. The molecule has 1 saturated heterocycles. The SMILES string of the molecule is Cc1nn(-c2ccccc2)c(C)c1CNC(=O)CCN1C(=O)[C@@H]2CCCC[C@H]2C1=O. The van der Waals surface area contributed by atoms with Gasteiger partial charge in [0.2, 0.25) is 17.7 Å². The average molecular weight is 409 g/mol. The molecule has 0 unspecified atom stereocenters. The maximum absolute atomic E-state index is 12.5.